The third-order valence-corrected chi connectivity index (χ3v) is 4.01. The summed E-state index contributed by atoms with van der Waals surface area (Å²) in [6.45, 7) is -0.454. The average molecular weight is 362 g/mol. The maximum absolute atomic E-state index is 13.0. The second-order valence-electron chi connectivity index (χ2n) is 4.38. The molecule has 23 heavy (non-hydrogen) atoms. The molecule has 2 aromatic rings. The molecule has 0 saturated heterocycles. The number of nitrogens with one attached hydrogen (secondary N) is 1. The molecule has 0 bridgehead atoms. The van der Waals surface area contributed by atoms with Crippen molar-refractivity contribution in [1.82, 2.24) is 0 Å². The second-order valence-corrected chi connectivity index (χ2v) is 6.94. The van der Waals surface area contributed by atoms with Crippen molar-refractivity contribution in [2.24, 2.45) is 0 Å². The molecule has 0 fully saturated rings. The number of hydrogen-bond acceptors (Lipinski definition) is 4. The first-order chi connectivity index (χ1) is 10.8. The van der Waals surface area contributed by atoms with Gasteiger partial charge in [0.25, 0.3) is 15.0 Å². The Bertz CT molecular complexity index is 842. The lowest BCUT2D eigenvalue weighted by Crippen LogP contribution is -2.20. The number of ether oxygens (including phenoxy) is 1. The first-order valence-electron chi connectivity index (χ1n) is 6.18. The van der Waals surface area contributed by atoms with Gasteiger partial charge in [0, 0.05) is 28.5 Å². The summed E-state index contributed by atoms with van der Waals surface area (Å²) in [7, 11) is 1.29. The molecule has 0 radical (unpaired) electrons. The highest BCUT2D eigenvalue weighted by Crippen LogP contribution is 2.20. The van der Waals surface area contributed by atoms with Gasteiger partial charge in [-0.15, -0.1) is 0 Å². The summed E-state index contributed by atoms with van der Waals surface area (Å²) in [4.78, 5) is 11.5. The number of anilines is 1. The molecular formula is C14H10ClF2NO4S. The number of rotatable bonds is 5. The van der Waals surface area contributed by atoms with Crippen LogP contribution in [0.2, 0.25) is 0 Å². The monoisotopic (exact) mass is 361 g/mol. The smallest absolute Gasteiger partial charge is 0.262 e. The van der Waals surface area contributed by atoms with Gasteiger partial charge in [-0.1, -0.05) is 6.07 Å². The fourth-order valence-corrected chi connectivity index (χ4v) is 2.42. The highest BCUT2D eigenvalue weighted by Gasteiger charge is 2.11. The van der Waals surface area contributed by atoms with Crippen LogP contribution < -0.4 is 10.1 Å². The normalized spacial score (nSPS) is 11.1. The third-order valence-electron chi connectivity index (χ3n) is 2.66. The molecule has 1 N–H and O–H groups in total. The summed E-state index contributed by atoms with van der Waals surface area (Å²) in [6, 6.07) is 8.17. The Morgan fingerprint density at radius 1 is 1.13 bits per heavy atom. The highest BCUT2D eigenvalue weighted by molar-refractivity contribution is 8.13. The van der Waals surface area contributed by atoms with E-state index in [1.807, 2.05) is 0 Å². The van der Waals surface area contributed by atoms with Crippen molar-refractivity contribution in [2.75, 3.05) is 11.9 Å². The molecule has 0 aliphatic carbocycles. The van der Waals surface area contributed by atoms with E-state index in [2.05, 4.69) is 5.32 Å². The molecule has 9 heteroatoms. The van der Waals surface area contributed by atoms with Gasteiger partial charge in [-0.25, -0.2) is 17.2 Å². The lowest BCUT2D eigenvalue weighted by atomic mass is 10.3. The Labute approximate surface area is 135 Å². The summed E-state index contributed by atoms with van der Waals surface area (Å²) in [5.41, 5.74) is 0.0644. The van der Waals surface area contributed by atoms with Crippen LogP contribution >= 0.6 is 10.7 Å². The van der Waals surface area contributed by atoms with Crippen LogP contribution in [0.3, 0.4) is 0 Å². The molecule has 0 spiro atoms. The van der Waals surface area contributed by atoms with Gasteiger partial charge in [0.05, 0.1) is 4.90 Å². The van der Waals surface area contributed by atoms with Crippen LogP contribution in [0.1, 0.15) is 0 Å². The maximum atomic E-state index is 13.0. The number of hydrogen-bond donors (Lipinski definition) is 1. The zero-order chi connectivity index (χ0) is 17.0. The molecule has 0 heterocycles. The van der Waals surface area contributed by atoms with E-state index < -0.39 is 33.2 Å². The van der Waals surface area contributed by atoms with E-state index in [0.717, 1.165) is 18.2 Å². The lowest BCUT2D eigenvalue weighted by Gasteiger charge is -2.08. The van der Waals surface area contributed by atoms with Crippen LogP contribution in [0.25, 0.3) is 0 Å². The van der Waals surface area contributed by atoms with Gasteiger partial charge >= 0.3 is 0 Å². The van der Waals surface area contributed by atoms with Crippen molar-refractivity contribution in [3.8, 4) is 5.75 Å². The van der Waals surface area contributed by atoms with Crippen molar-refractivity contribution >= 4 is 31.3 Å². The van der Waals surface area contributed by atoms with Gasteiger partial charge in [0.2, 0.25) is 0 Å². The largest absolute Gasteiger partial charge is 0.484 e. The summed E-state index contributed by atoms with van der Waals surface area (Å²) >= 11 is 0. The first kappa shape index (κ1) is 17.2. The Morgan fingerprint density at radius 2 is 1.87 bits per heavy atom. The van der Waals surface area contributed by atoms with Crippen LogP contribution in [0.15, 0.2) is 47.4 Å². The number of halogens is 3. The zero-order valence-corrected chi connectivity index (χ0v) is 13.0. The minimum atomic E-state index is -3.91. The molecule has 0 aromatic heterocycles. The van der Waals surface area contributed by atoms with E-state index >= 15 is 0 Å². The second kappa shape index (κ2) is 6.93. The minimum absolute atomic E-state index is 0.0644. The first-order valence-corrected chi connectivity index (χ1v) is 8.49. The zero-order valence-electron chi connectivity index (χ0n) is 11.4. The molecule has 0 atom stereocenters. The average Bonchev–Trinajstić information content (AvgIpc) is 2.48. The summed E-state index contributed by atoms with van der Waals surface area (Å²) < 4.78 is 53.3. The van der Waals surface area contributed by atoms with Crippen molar-refractivity contribution < 1.29 is 26.7 Å². The van der Waals surface area contributed by atoms with Gasteiger partial charge in [0.15, 0.2) is 18.2 Å². The Balaban J connectivity index is 1.98. The van der Waals surface area contributed by atoms with E-state index in [0.29, 0.717) is 0 Å². The highest BCUT2D eigenvalue weighted by atomic mass is 35.7. The van der Waals surface area contributed by atoms with E-state index in [4.69, 9.17) is 15.4 Å². The molecule has 5 nitrogen and oxygen atoms in total. The fourth-order valence-electron chi connectivity index (χ4n) is 1.64. The molecule has 2 rings (SSSR count). The standard InChI is InChI=1S/C14H10ClF2NO4S/c15-23(20,21)11-3-1-2-10(7-11)22-8-14(19)18-9-4-5-12(16)13(17)6-9/h1-7H,8H2,(H,18,19). The van der Waals surface area contributed by atoms with Gasteiger partial charge in [0.1, 0.15) is 5.75 Å². The van der Waals surface area contributed by atoms with Crippen molar-refractivity contribution in [3.63, 3.8) is 0 Å². The van der Waals surface area contributed by atoms with Gasteiger partial charge < -0.3 is 10.1 Å². The van der Waals surface area contributed by atoms with Gasteiger partial charge in [-0.2, -0.15) is 0 Å². The van der Waals surface area contributed by atoms with Crippen molar-refractivity contribution in [3.05, 3.63) is 54.1 Å². The predicted octanol–water partition coefficient (Wildman–Crippen LogP) is 2.91. The quantitative estimate of drug-likeness (QED) is 0.831. The van der Waals surface area contributed by atoms with Crippen LogP contribution in [0.4, 0.5) is 14.5 Å². The van der Waals surface area contributed by atoms with E-state index in [9.17, 15) is 22.0 Å². The topological polar surface area (TPSA) is 72.5 Å². The number of carbonyl (C=O) groups excluding carboxylic acids is 1. The van der Waals surface area contributed by atoms with Crippen molar-refractivity contribution in [1.29, 1.82) is 0 Å². The van der Waals surface area contributed by atoms with E-state index in [1.54, 1.807) is 0 Å². The Morgan fingerprint density at radius 3 is 2.52 bits per heavy atom. The van der Waals surface area contributed by atoms with Crippen LogP contribution in [-0.4, -0.2) is 20.9 Å². The van der Waals surface area contributed by atoms with E-state index in [1.165, 1.54) is 24.3 Å². The maximum Gasteiger partial charge on any atom is 0.262 e. The van der Waals surface area contributed by atoms with Crippen LogP contribution in [-0.2, 0) is 13.8 Å². The molecule has 2 aromatic carbocycles. The summed E-state index contributed by atoms with van der Waals surface area (Å²) in [5.74, 6) is -2.63. The minimum Gasteiger partial charge on any atom is -0.484 e. The summed E-state index contributed by atoms with van der Waals surface area (Å²) in [5, 5.41) is 2.31. The molecule has 122 valence electrons. The molecule has 0 saturated carbocycles. The molecule has 0 unspecified atom stereocenters. The van der Waals surface area contributed by atoms with Crippen LogP contribution in [0, 0.1) is 11.6 Å². The Kier molecular flexibility index (Phi) is 5.17. The van der Waals surface area contributed by atoms with Gasteiger partial charge in [-0.3, -0.25) is 4.79 Å². The third kappa shape index (κ3) is 4.90. The number of carbonyl (C=O) groups is 1. The van der Waals surface area contributed by atoms with Gasteiger partial charge in [-0.05, 0) is 24.3 Å². The molecule has 1 amide bonds. The van der Waals surface area contributed by atoms with Crippen LogP contribution in [0.5, 0.6) is 5.75 Å². The lowest BCUT2D eigenvalue weighted by molar-refractivity contribution is -0.118. The molecular weight excluding hydrogens is 352 g/mol. The number of amides is 1. The SMILES string of the molecule is O=C(COc1cccc(S(=O)(=O)Cl)c1)Nc1ccc(F)c(F)c1. The summed E-state index contributed by atoms with van der Waals surface area (Å²) in [6.07, 6.45) is 0. The Hall–Kier alpha value is -2.19. The number of benzene rings is 2. The fraction of sp³-hybridized carbons (Fsp3) is 0.0714. The van der Waals surface area contributed by atoms with E-state index in [-0.39, 0.29) is 16.3 Å². The molecule has 0 aliphatic heterocycles. The molecule has 0 aliphatic rings. The predicted molar refractivity (Wildman–Crippen MR) is 80.0 cm³/mol. The van der Waals surface area contributed by atoms with Crippen molar-refractivity contribution in [2.45, 2.75) is 4.90 Å².